The van der Waals surface area contributed by atoms with E-state index in [1.54, 1.807) is 0 Å². The Hall–Kier alpha value is -2.01. The molecule has 6 heteroatoms. The van der Waals surface area contributed by atoms with Gasteiger partial charge in [-0.05, 0) is 43.5 Å². The topological polar surface area (TPSA) is 45.5 Å². The highest BCUT2D eigenvalue weighted by molar-refractivity contribution is 6.30. The van der Waals surface area contributed by atoms with Gasteiger partial charge in [0.15, 0.2) is 5.96 Å². The van der Waals surface area contributed by atoms with Gasteiger partial charge in [-0.3, -0.25) is 9.67 Å². The molecule has 1 heterocycles. The first-order valence-electron chi connectivity index (χ1n) is 8.31. The van der Waals surface area contributed by atoms with E-state index in [1.165, 1.54) is 11.1 Å². The molecule has 0 saturated carbocycles. The van der Waals surface area contributed by atoms with Crippen LogP contribution in [0.1, 0.15) is 24.5 Å². The molecular formula is C18H26ClN5. The largest absolute Gasteiger partial charge is 0.357 e. The Kier molecular flexibility index (Phi) is 7.12. The zero-order valence-electron chi connectivity index (χ0n) is 14.7. The fourth-order valence-corrected chi connectivity index (χ4v) is 2.54. The number of rotatable bonds is 7. The lowest BCUT2D eigenvalue weighted by atomic mass is 10.2. The first-order valence-corrected chi connectivity index (χ1v) is 8.69. The molecule has 2 rings (SSSR count). The molecule has 24 heavy (non-hydrogen) atoms. The Labute approximate surface area is 149 Å². The molecule has 130 valence electrons. The van der Waals surface area contributed by atoms with Crippen LogP contribution in [0.15, 0.2) is 41.7 Å². The second-order valence-electron chi connectivity index (χ2n) is 5.85. The average molecular weight is 348 g/mol. The average Bonchev–Trinajstić information content (AvgIpc) is 2.98. The third kappa shape index (κ3) is 5.89. The second kappa shape index (κ2) is 9.33. The molecule has 0 aliphatic rings. The highest BCUT2D eigenvalue weighted by Crippen LogP contribution is 2.11. The summed E-state index contributed by atoms with van der Waals surface area (Å²) >= 11 is 5.94. The Balaban J connectivity index is 1.87. The summed E-state index contributed by atoms with van der Waals surface area (Å²) in [6, 6.07) is 7.92. The van der Waals surface area contributed by atoms with Gasteiger partial charge in [0.05, 0.1) is 6.20 Å². The van der Waals surface area contributed by atoms with Crippen molar-refractivity contribution in [2.24, 2.45) is 4.99 Å². The lowest BCUT2D eigenvalue weighted by molar-refractivity contribution is 0.475. The van der Waals surface area contributed by atoms with E-state index in [0.717, 1.165) is 43.6 Å². The number of hydrogen-bond acceptors (Lipinski definition) is 2. The molecule has 0 amide bonds. The minimum Gasteiger partial charge on any atom is -0.357 e. The van der Waals surface area contributed by atoms with Crippen molar-refractivity contribution in [2.75, 3.05) is 20.1 Å². The molecule has 1 aromatic carbocycles. The van der Waals surface area contributed by atoms with Gasteiger partial charge in [0, 0.05) is 44.4 Å². The van der Waals surface area contributed by atoms with Crippen molar-refractivity contribution in [1.29, 1.82) is 0 Å². The van der Waals surface area contributed by atoms with Gasteiger partial charge in [0.1, 0.15) is 0 Å². The Morgan fingerprint density at radius 3 is 2.71 bits per heavy atom. The molecule has 1 aromatic heterocycles. The smallest absolute Gasteiger partial charge is 0.193 e. The van der Waals surface area contributed by atoms with E-state index in [2.05, 4.69) is 35.4 Å². The molecule has 0 unspecified atom stereocenters. The molecule has 0 radical (unpaired) electrons. The van der Waals surface area contributed by atoms with Crippen LogP contribution in [0, 0.1) is 6.92 Å². The van der Waals surface area contributed by atoms with Gasteiger partial charge in [-0.25, -0.2) is 0 Å². The van der Waals surface area contributed by atoms with Crippen molar-refractivity contribution in [1.82, 2.24) is 20.0 Å². The number of nitrogens with one attached hydrogen (secondary N) is 1. The van der Waals surface area contributed by atoms with E-state index in [0.29, 0.717) is 0 Å². The quantitative estimate of drug-likeness (QED) is 0.474. The van der Waals surface area contributed by atoms with Crippen molar-refractivity contribution in [3.05, 3.63) is 52.8 Å². The number of nitrogens with zero attached hydrogens (tertiary/aromatic N) is 4. The van der Waals surface area contributed by atoms with Crippen molar-refractivity contribution in [3.8, 4) is 0 Å². The van der Waals surface area contributed by atoms with Crippen molar-refractivity contribution in [2.45, 2.75) is 33.4 Å². The lowest BCUT2D eigenvalue weighted by Crippen LogP contribution is -2.38. The zero-order chi connectivity index (χ0) is 17.4. The predicted octanol–water partition coefficient (Wildman–Crippen LogP) is 3.33. The summed E-state index contributed by atoms with van der Waals surface area (Å²) in [5.41, 5.74) is 2.40. The Bertz CT molecular complexity index is 648. The normalized spacial score (nSPS) is 11.6. The molecule has 0 fully saturated rings. The maximum atomic E-state index is 5.94. The van der Waals surface area contributed by atoms with E-state index in [1.807, 2.05) is 42.2 Å². The summed E-state index contributed by atoms with van der Waals surface area (Å²) < 4.78 is 1.97. The van der Waals surface area contributed by atoms with E-state index in [4.69, 9.17) is 16.6 Å². The monoisotopic (exact) mass is 347 g/mol. The SMILES string of the molecule is CCNC(=NCCCn1cc(C)cn1)N(C)Cc1ccc(Cl)cc1. The van der Waals surface area contributed by atoms with Crippen molar-refractivity contribution in [3.63, 3.8) is 0 Å². The van der Waals surface area contributed by atoms with Gasteiger partial charge in [-0.2, -0.15) is 5.10 Å². The summed E-state index contributed by atoms with van der Waals surface area (Å²) in [5.74, 6) is 0.920. The van der Waals surface area contributed by atoms with Crippen LogP contribution in [0.25, 0.3) is 0 Å². The maximum absolute atomic E-state index is 5.94. The number of halogens is 1. The van der Waals surface area contributed by atoms with Gasteiger partial charge < -0.3 is 10.2 Å². The standard InChI is InChI=1S/C18H26ClN5/c1-4-20-18(21-10-5-11-24-13-15(2)12-22-24)23(3)14-16-6-8-17(19)9-7-16/h6-9,12-13H,4-5,10-11,14H2,1-3H3,(H,20,21). The molecule has 0 spiro atoms. The molecule has 0 aliphatic heterocycles. The van der Waals surface area contributed by atoms with Crippen LogP contribution >= 0.6 is 11.6 Å². The van der Waals surface area contributed by atoms with Gasteiger partial charge >= 0.3 is 0 Å². The van der Waals surface area contributed by atoms with Crippen LogP contribution in [0.2, 0.25) is 5.02 Å². The first kappa shape index (κ1) is 18.3. The molecule has 0 atom stereocenters. The van der Waals surface area contributed by atoms with Gasteiger partial charge in [0.25, 0.3) is 0 Å². The molecule has 0 saturated heterocycles. The first-order chi connectivity index (χ1) is 11.6. The predicted molar refractivity (Wildman–Crippen MR) is 100 cm³/mol. The lowest BCUT2D eigenvalue weighted by Gasteiger charge is -2.22. The second-order valence-corrected chi connectivity index (χ2v) is 6.29. The highest BCUT2D eigenvalue weighted by atomic mass is 35.5. The number of aromatic nitrogens is 2. The molecule has 0 aliphatic carbocycles. The summed E-state index contributed by atoms with van der Waals surface area (Å²) in [6.07, 6.45) is 4.90. The maximum Gasteiger partial charge on any atom is 0.193 e. The van der Waals surface area contributed by atoms with E-state index < -0.39 is 0 Å². The Morgan fingerprint density at radius 1 is 1.33 bits per heavy atom. The summed E-state index contributed by atoms with van der Waals surface area (Å²) in [5, 5.41) is 8.40. The van der Waals surface area contributed by atoms with E-state index >= 15 is 0 Å². The molecule has 0 bridgehead atoms. The third-order valence-corrected chi connectivity index (χ3v) is 3.85. The van der Waals surface area contributed by atoms with E-state index in [-0.39, 0.29) is 0 Å². The number of hydrogen-bond donors (Lipinski definition) is 1. The summed E-state index contributed by atoms with van der Waals surface area (Å²) in [6.45, 7) is 7.43. The molecule has 1 N–H and O–H groups in total. The van der Waals surface area contributed by atoms with Gasteiger partial charge in [-0.15, -0.1) is 0 Å². The minimum absolute atomic E-state index is 0.760. The fraction of sp³-hybridized carbons (Fsp3) is 0.444. The van der Waals surface area contributed by atoms with Crippen LogP contribution in [-0.2, 0) is 13.1 Å². The minimum atomic E-state index is 0.760. The number of benzene rings is 1. The van der Waals surface area contributed by atoms with Crippen LogP contribution in [0.5, 0.6) is 0 Å². The number of aryl methyl sites for hydroxylation is 2. The van der Waals surface area contributed by atoms with Crippen molar-refractivity contribution < 1.29 is 0 Å². The summed E-state index contributed by atoms with van der Waals surface area (Å²) in [7, 11) is 2.05. The highest BCUT2D eigenvalue weighted by Gasteiger charge is 2.06. The number of guanidine groups is 1. The van der Waals surface area contributed by atoms with Crippen LogP contribution < -0.4 is 5.32 Å². The van der Waals surface area contributed by atoms with Crippen molar-refractivity contribution >= 4 is 17.6 Å². The molecular weight excluding hydrogens is 322 g/mol. The van der Waals surface area contributed by atoms with Crippen LogP contribution in [-0.4, -0.2) is 40.8 Å². The zero-order valence-corrected chi connectivity index (χ0v) is 15.4. The van der Waals surface area contributed by atoms with E-state index in [9.17, 15) is 0 Å². The Morgan fingerprint density at radius 2 is 2.08 bits per heavy atom. The fourth-order valence-electron chi connectivity index (χ4n) is 2.42. The van der Waals surface area contributed by atoms with Crippen LogP contribution in [0.4, 0.5) is 0 Å². The van der Waals surface area contributed by atoms with Crippen LogP contribution in [0.3, 0.4) is 0 Å². The summed E-state index contributed by atoms with van der Waals surface area (Å²) in [4.78, 5) is 6.84. The van der Waals surface area contributed by atoms with Gasteiger partial charge in [0.2, 0.25) is 0 Å². The molecule has 5 nitrogen and oxygen atoms in total. The van der Waals surface area contributed by atoms with Gasteiger partial charge in [-0.1, -0.05) is 23.7 Å². The number of aliphatic imine (C=N–C) groups is 1. The molecule has 2 aromatic rings. The third-order valence-electron chi connectivity index (χ3n) is 3.60.